The highest BCUT2D eigenvalue weighted by Gasteiger charge is 2.00. The van der Waals surface area contributed by atoms with Crippen molar-refractivity contribution in [3.8, 4) is 11.5 Å². The quantitative estimate of drug-likeness (QED) is 0.639. The first-order valence-electron chi connectivity index (χ1n) is 3.56. The average Bonchev–Trinajstić information content (AvgIpc) is 2.16. The summed E-state index contributed by atoms with van der Waals surface area (Å²) in [5, 5.41) is 0. The molecule has 0 saturated heterocycles. The van der Waals surface area contributed by atoms with E-state index in [0.29, 0.717) is 0 Å². The first kappa shape index (κ1) is 8.67. The van der Waals surface area contributed by atoms with Crippen LogP contribution in [0.5, 0.6) is 11.5 Å². The van der Waals surface area contributed by atoms with Gasteiger partial charge in [-0.2, -0.15) is 0 Å². The van der Waals surface area contributed by atoms with Crippen molar-refractivity contribution in [1.29, 1.82) is 0 Å². The Hall–Kier alpha value is -1.42. The maximum absolute atomic E-state index is 5.05. The summed E-state index contributed by atoms with van der Waals surface area (Å²) in [7, 11) is 3.23. The SMILES string of the molecule is COc1cc(N[NH3+])cc(OC)c1. The lowest BCUT2D eigenvalue weighted by molar-refractivity contribution is -0.325. The third kappa shape index (κ3) is 1.79. The molecule has 0 aromatic heterocycles. The topological polar surface area (TPSA) is 58.1 Å². The molecule has 0 atom stereocenters. The Morgan fingerprint density at radius 2 is 1.58 bits per heavy atom. The van der Waals surface area contributed by atoms with Crippen LogP contribution in [0, 0.1) is 0 Å². The van der Waals surface area contributed by atoms with Gasteiger partial charge in [0, 0.05) is 18.2 Å². The minimum absolute atomic E-state index is 0.750. The zero-order valence-electron chi connectivity index (χ0n) is 7.26. The van der Waals surface area contributed by atoms with Gasteiger partial charge in [0.05, 0.1) is 19.9 Å². The predicted molar refractivity (Wildman–Crippen MR) is 46.1 cm³/mol. The van der Waals surface area contributed by atoms with E-state index in [2.05, 4.69) is 11.3 Å². The van der Waals surface area contributed by atoms with Crippen molar-refractivity contribution in [2.45, 2.75) is 0 Å². The maximum atomic E-state index is 5.05. The van der Waals surface area contributed by atoms with Gasteiger partial charge in [-0.25, -0.2) is 5.43 Å². The molecule has 0 radical (unpaired) electrons. The summed E-state index contributed by atoms with van der Waals surface area (Å²) in [6.45, 7) is 0. The highest BCUT2D eigenvalue weighted by atomic mass is 16.5. The monoisotopic (exact) mass is 169 g/mol. The molecule has 0 spiro atoms. The van der Waals surface area contributed by atoms with Crippen LogP contribution in [0.3, 0.4) is 0 Å². The van der Waals surface area contributed by atoms with Crippen molar-refractivity contribution in [3.05, 3.63) is 18.2 Å². The van der Waals surface area contributed by atoms with E-state index in [0.717, 1.165) is 17.2 Å². The van der Waals surface area contributed by atoms with Crippen LogP contribution in [-0.2, 0) is 0 Å². The molecular weight excluding hydrogens is 156 g/mol. The molecule has 0 bridgehead atoms. The van der Waals surface area contributed by atoms with Crippen molar-refractivity contribution in [3.63, 3.8) is 0 Å². The molecule has 0 aliphatic rings. The van der Waals surface area contributed by atoms with Gasteiger partial charge in [-0.15, -0.1) is 0 Å². The van der Waals surface area contributed by atoms with Crippen molar-refractivity contribution in [1.82, 2.24) is 0 Å². The van der Waals surface area contributed by atoms with Gasteiger partial charge in [-0.1, -0.05) is 0 Å². The number of anilines is 1. The molecule has 0 fully saturated rings. The molecule has 0 amide bonds. The van der Waals surface area contributed by atoms with E-state index in [1.807, 2.05) is 12.1 Å². The lowest BCUT2D eigenvalue weighted by atomic mass is 10.3. The predicted octanol–water partition coefficient (Wildman–Crippen LogP) is 0.273. The Morgan fingerprint density at radius 1 is 1.08 bits per heavy atom. The van der Waals surface area contributed by atoms with E-state index in [4.69, 9.17) is 9.47 Å². The molecule has 0 heterocycles. The van der Waals surface area contributed by atoms with Crippen molar-refractivity contribution < 1.29 is 15.3 Å². The van der Waals surface area contributed by atoms with Gasteiger partial charge < -0.3 is 9.47 Å². The second kappa shape index (κ2) is 3.82. The van der Waals surface area contributed by atoms with Gasteiger partial charge in [0.1, 0.15) is 11.5 Å². The second-order valence-corrected chi connectivity index (χ2v) is 2.28. The maximum Gasteiger partial charge on any atom is 0.124 e. The number of quaternary nitrogens is 1. The molecule has 1 aromatic rings. The van der Waals surface area contributed by atoms with E-state index in [9.17, 15) is 0 Å². The lowest BCUT2D eigenvalue weighted by Gasteiger charge is -2.05. The fourth-order valence-electron chi connectivity index (χ4n) is 0.909. The number of hydrogen-bond acceptors (Lipinski definition) is 3. The van der Waals surface area contributed by atoms with Crippen LogP contribution in [0.4, 0.5) is 5.69 Å². The number of rotatable bonds is 3. The average molecular weight is 169 g/mol. The van der Waals surface area contributed by atoms with E-state index in [-0.39, 0.29) is 0 Å². The first-order valence-corrected chi connectivity index (χ1v) is 3.56. The zero-order chi connectivity index (χ0) is 8.97. The lowest BCUT2D eigenvalue weighted by Crippen LogP contribution is -2.56. The fraction of sp³-hybridized carbons (Fsp3) is 0.250. The molecular formula is C8H13N2O2+. The van der Waals surface area contributed by atoms with Crippen LogP contribution in [0.1, 0.15) is 0 Å². The summed E-state index contributed by atoms with van der Waals surface area (Å²) in [6, 6.07) is 5.49. The molecule has 0 aliphatic carbocycles. The molecule has 1 aromatic carbocycles. The standard InChI is InChI=1S/C8H12N2O2/c1-11-7-3-6(10-9)4-8(5-7)12-2/h3-5,10H,9H2,1-2H3/p+1. The van der Waals surface area contributed by atoms with Gasteiger partial charge in [-0.3, -0.25) is 5.84 Å². The summed E-state index contributed by atoms with van der Waals surface area (Å²) in [5.41, 5.74) is 3.63. The zero-order valence-corrected chi connectivity index (χ0v) is 7.26. The Morgan fingerprint density at radius 3 is 1.92 bits per heavy atom. The van der Waals surface area contributed by atoms with Crippen LogP contribution in [0.2, 0.25) is 0 Å². The highest BCUT2D eigenvalue weighted by molar-refractivity contribution is 5.52. The molecule has 4 N–H and O–H groups in total. The minimum Gasteiger partial charge on any atom is -0.497 e. The van der Waals surface area contributed by atoms with Gasteiger partial charge in [0.25, 0.3) is 0 Å². The fourth-order valence-corrected chi connectivity index (χ4v) is 0.909. The Bertz CT molecular complexity index is 208. The molecule has 0 aliphatic heterocycles. The van der Waals surface area contributed by atoms with Crippen molar-refractivity contribution in [2.75, 3.05) is 19.6 Å². The van der Waals surface area contributed by atoms with E-state index < -0.39 is 0 Å². The van der Waals surface area contributed by atoms with Crippen molar-refractivity contribution >= 4 is 5.69 Å². The number of benzene rings is 1. The normalized spacial score (nSPS) is 9.25. The van der Waals surface area contributed by atoms with Gasteiger partial charge >= 0.3 is 0 Å². The second-order valence-electron chi connectivity index (χ2n) is 2.28. The van der Waals surface area contributed by atoms with Crippen LogP contribution in [0.15, 0.2) is 18.2 Å². The number of hydrogen-bond donors (Lipinski definition) is 2. The van der Waals surface area contributed by atoms with Crippen molar-refractivity contribution in [2.24, 2.45) is 0 Å². The molecule has 0 saturated carbocycles. The Labute approximate surface area is 71.2 Å². The van der Waals surface area contributed by atoms with Gasteiger partial charge in [0.2, 0.25) is 0 Å². The van der Waals surface area contributed by atoms with Crippen LogP contribution >= 0.6 is 0 Å². The molecule has 0 unspecified atom stereocenters. The number of nitrogens with one attached hydrogen (secondary N) is 1. The summed E-state index contributed by atoms with van der Waals surface area (Å²) in [6.07, 6.45) is 0. The van der Waals surface area contributed by atoms with Crippen LogP contribution < -0.4 is 20.7 Å². The van der Waals surface area contributed by atoms with E-state index in [1.165, 1.54) is 0 Å². The van der Waals surface area contributed by atoms with Crippen LogP contribution in [0.25, 0.3) is 0 Å². The van der Waals surface area contributed by atoms with E-state index in [1.54, 1.807) is 20.3 Å². The summed E-state index contributed by atoms with van der Waals surface area (Å²) in [4.78, 5) is 0. The summed E-state index contributed by atoms with van der Waals surface area (Å²) >= 11 is 0. The third-order valence-corrected chi connectivity index (χ3v) is 1.56. The number of ether oxygens (including phenoxy) is 2. The molecule has 12 heavy (non-hydrogen) atoms. The largest absolute Gasteiger partial charge is 0.497 e. The molecule has 1 rings (SSSR count). The van der Waals surface area contributed by atoms with E-state index >= 15 is 0 Å². The minimum atomic E-state index is 0.750. The molecule has 66 valence electrons. The molecule has 4 nitrogen and oxygen atoms in total. The smallest absolute Gasteiger partial charge is 0.124 e. The molecule has 4 heteroatoms. The Kier molecular flexibility index (Phi) is 2.76. The van der Waals surface area contributed by atoms with Crippen LogP contribution in [-0.4, -0.2) is 14.2 Å². The Balaban J connectivity index is 3.01. The number of methoxy groups -OCH3 is 2. The summed E-state index contributed by atoms with van der Waals surface area (Å²) < 4.78 is 10.1. The third-order valence-electron chi connectivity index (χ3n) is 1.56. The summed E-state index contributed by atoms with van der Waals surface area (Å²) in [5.74, 6) is 5.05. The highest BCUT2D eigenvalue weighted by Crippen LogP contribution is 2.24. The van der Waals surface area contributed by atoms with Gasteiger partial charge in [0.15, 0.2) is 0 Å². The van der Waals surface area contributed by atoms with Gasteiger partial charge in [-0.05, 0) is 0 Å². The first-order chi connectivity index (χ1) is 5.80.